The van der Waals surface area contributed by atoms with E-state index in [1.165, 1.54) is 4.90 Å². The van der Waals surface area contributed by atoms with Crippen LogP contribution in [-0.2, 0) is 23.8 Å². The maximum absolute atomic E-state index is 12.2. The van der Waals surface area contributed by atoms with Gasteiger partial charge in [0.25, 0.3) is 0 Å². The lowest BCUT2D eigenvalue weighted by Gasteiger charge is -2.23. The van der Waals surface area contributed by atoms with Crippen LogP contribution in [-0.4, -0.2) is 44.4 Å². The number of ether oxygens (including phenoxy) is 3. The summed E-state index contributed by atoms with van der Waals surface area (Å²) in [5.41, 5.74) is 0.618. The first-order valence-corrected chi connectivity index (χ1v) is 8.37. The molecule has 0 aliphatic carbocycles. The molecule has 0 N–H and O–H groups in total. The summed E-state index contributed by atoms with van der Waals surface area (Å²) in [5, 5.41) is 0. The van der Waals surface area contributed by atoms with Crippen molar-refractivity contribution in [1.82, 2.24) is 0 Å². The van der Waals surface area contributed by atoms with Crippen molar-refractivity contribution in [3.63, 3.8) is 0 Å². The van der Waals surface area contributed by atoms with Crippen molar-refractivity contribution in [2.45, 2.75) is 27.2 Å². The normalized spacial score (nSPS) is 10.2. The van der Waals surface area contributed by atoms with Gasteiger partial charge in [-0.2, -0.15) is 0 Å². The summed E-state index contributed by atoms with van der Waals surface area (Å²) in [6.45, 7) is 5.70. The fourth-order valence-electron chi connectivity index (χ4n) is 2.21. The Morgan fingerprint density at radius 1 is 0.880 bits per heavy atom. The van der Waals surface area contributed by atoms with E-state index in [0.717, 1.165) is 0 Å². The quantitative estimate of drug-likeness (QED) is 0.386. The third-order valence-electron chi connectivity index (χ3n) is 3.34. The number of esters is 2. The molecule has 1 amide bonds. The Morgan fingerprint density at radius 2 is 1.40 bits per heavy atom. The van der Waals surface area contributed by atoms with Crippen LogP contribution in [0.4, 0.5) is 10.5 Å². The average molecular weight is 351 g/mol. The third-order valence-corrected chi connectivity index (χ3v) is 3.34. The first-order chi connectivity index (χ1) is 12.0. The Morgan fingerprint density at radius 3 is 1.88 bits per heavy atom. The molecule has 0 fully saturated rings. The van der Waals surface area contributed by atoms with Crippen molar-refractivity contribution < 1.29 is 28.6 Å². The van der Waals surface area contributed by atoms with Gasteiger partial charge >= 0.3 is 18.0 Å². The van der Waals surface area contributed by atoms with Gasteiger partial charge in [-0.1, -0.05) is 18.2 Å². The summed E-state index contributed by atoms with van der Waals surface area (Å²) in [6.07, 6.45) is -0.467. The summed E-state index contributed by atoms with van der Waals surface area (Å²) in [6, 6.07) is 8.90. The molecule has 0 unspecified atom stereocenters. The monoisotopic (exact) mass is 351 g/mol. The summed E-state index contributed by atoms with van der Waals surface area (Å²) < 4.78 is 14.9. The molecule has 0 aromatic heterocycles. The van der Waals surface area contributed by atoms with Gasteiger partial charge in [0.05, 0.1) is 19.8 Å². The molecule has 0 radical (unpaired) electrons. The molecule has 0 heterocycles. The number of hydrogen-bond donors (Lipinski definition) is 0. The molecule has 0 saturated carbocycles. The number of para-hydroxylation sites is 1. The molecule has 138 valence electrons. The average Bonchev–Trinajstić information content (AvgIpc) is 2.60. The second-order valence-corrected chi connectivity index (χ2v) is 5.03. The molecule has 25 heavy (non-hydrogen) atoms. The van der Waals surface area contributed by atoms with Gasteiger partial charge in [0.2, 0.25) is 0 Å². The summed E-state index contributed by atoms with van der Waals surface area (Å²) >= 11 is 0. The molecular formula is C18H25NO6. The molecule has 7 nitrogen and oxygen atoms in total. The standard InChI is InChI=1S/C18H25NO6/c1-4-23-16(20)15(17(21)24-5-2)12-13-19(18(22)25-6-3)14-10-8-7-9-11-14/h7-11,15H,4-6,12-13H2,1-3H3. The number of hydrogen-bond acceptors (Lipinski definition) is 6. The largest absolute Gasteiger partial charge is 0.465 e. The van der Waals surface area contributed by atoms with Gasteiger partial charge in [0.15, 0.2) is 5.92 Å². The van der Waals surface area contributed by atoms with Crippen molar-refractivity contribution in [2.75, 3.05) is 31.3 Å². The van der Waals surface area contributed by atoms with Crippen molar-refractivity contribution >= 4 is 23.7 Å². The molecule has 0 spiro atoms. The lowest BCUT2D eigenvalue weighted by molar-refractivity contribution is -0.161. The minimum absolute atomic E-state index is 0.0748. The lowest BCUT2D eigenvalue weighted by atomic mass is 10.1. The van der Waals surface area contributed by atoms with Crippen molar-refractivity contribution in [1.29, 1.82) is 0 Å². The maximum Gasteiger partial charge on any atom is 0.414 e. The van der Waals surface area contributed by atoms with Gasteiger partial charge in [-0.05, 0) is 39.3 Å². The Hall–Kier alpha value is -2.57. The predicted octanol–water partition coefficient (Wildman–Crippen LogP) is 2.78. The topological polar surface area (TPSA) is 82.1 Å². The van der Waals surface area contributed by atoms with Crippen LogP contribution in [0.2, 0.25) is 0 Å². The van der Waals surface area contributed by atoms with Gasteiger partial charge < -0.3 is 14.2 Å². The second kappa shape index (κ2) is 11.1. The first kappa shape index (κ1) is 20.5. The highest BCUT2D eigenvalue weighted by atomic mass is 16.6. The summed E-state index contributed by atoms with van der Waals surface area (Å²) in [7, 11) is 0. The van der Waals surface area contributed by atoms with Crippen LogP contribution < -0.4 is 4.90 Å². The number of carbonyl (C=O) groups excluding carboxylic acids is 3. The summed E-state index contributed by atoms with van der Waals surface area (Å²) in [4.78, 5) is 37.7. The van der Waals surface area contributed by atoms with Crippen LogP contribution in [0, 0.1) is 5.92 Å². The molecule has 1 aromatic carbocycles. The fourth-order valence-corrected chi connectivity index (χ4v) is 2.21. The number of benzene rings is 1. The van der Waals surface area contributed by atoms with E-state index < -0.39 is 23.9 Å². The van der Waals surface area contributed by atoms with E-state index in [0.29, 0.717) is 5.69 Å². The maximum atomic E-state index is 12.2. The van der Waals surface area contributed by atoms with Crippen LogP contribution >= 0.6 is 0 Å². The van der Waals surface area contributed by atoms with Gasteiger partial charge in [0.1, 0.15) is 0 Å². The molecular weight excluding hydrogens is 326 g/mol. The van der Waals surface area contributed by atoms with E-state index >= 15 is 0 Å². The molecule has 1 aromatic rings. The SMILES string of the molecule is CCOC(=O)C(CCN(C(=O)OCC)c1ccccc1)C(=O)OCC. The second-order valence-electron chi connectivity index (χ2n) is 5.03. The third kappa shape index (κ3) is 6.45. The highest BCUT2D eigenvalue weighted by Crippen LogP contribution is 2.18. The van der Waals surface area contributed by atoms with Gasteiger partial charge in [-0.15, -0.1) is 0 Å². The molecule has 7 heteroatoms. The molecule has 0 atom stereocenters. The lowest BCUT2D eigenvalue weighted by Crippen LogP contribution is -2.37. The fraction of sp³-hybridized carbons (Fsp3) is 0.500. The minimum atomic E-state index is -1.08. The molecule has 0 aliphatic rings. The Bertz CT molecular complexity index is 542. The van der Waals surface area contributed by atoms with Crippen molar-refractivity contribution in [3.05, 3.63) is 30.3 Å². The zero-order valence-corrected chi connectivity index (χ0v) is 14.9. The zero-order chi connectivity index (χ0) is 18.7. The van der Waals surface area contributed by atoms with Crippen LogP contribution in [0.5, 0.6) is 0 Å². The highest BCUT2D eigenvalue weighted by Gasteiger charge is 2.31. The van der Waals surface area contributed by atoms with Crippen LogP contribution in [0.3, 0.4) is 0 Å². The number of amides is 1. The van der Waals surface area contributed by atoms with E-state index in [2.05, 4.69) is 0 Å². The van der Waals surface area contributed by atoms with E-state index in [9.17, 15) is 14.4 Å². The smallest absolute Gasteiger partial charge is 0.414 e. The van der Waals surface area contributed by atoms with E-state index in [1.807, 2.05) is 6.07 Å². The van der Waals surface area contributed by atoms with E-state index in [4.69, 9.17) is 14.2 Å². The summed E-state index contributed by atoms with van der Waals surface area (Å²) in [5.74, 6) is -2.39. The van der Waals surface area contributed by atoms with E-state index in [-0.39, 0.29) is 32.8 Å². The highest BCUT2D eigenvalue weighted by molar-refractivity contribution is 5.95. The minimum Gasteiger partial charge on any atom is -0.465 e. The van der Waals surface area contributed by atoms with Crippen LogP contribution in [0.1, 0.15) is 27.2 Å². The van der Waals surface area contributed by atoms with Gasteiger partial charge in [-0.3, -0.25) is 14.5 Å². The molecule has 0 aliphatic heterocycles. The molecule has 0 bridgehead atoms. The van der Waals surface area contributed by atoms with Gasteiger partial charge in [-0.25, -0.2) is 4.79 Å². The van der Waals surface area contributed by atoms with Crippen LogP contribution in [0.15, 0.2) is 30.3 Å². The first-order valence-electron chi connectivity index (χ1n) is 8.37. The number of anilines is 1. The van der Waals surface area contributed by atoms with Crippen LogP contribution in [0.25, 0.3) is 0 Å². The predicted molar refractivity (Wildman–Crippen MR) is 92.2 cm³/mol. The molecule has 1 rings (SSSR count). The zero-order valence-electron chi connectivity index (χ0n) is 14.9. The molecule has 0 saturated heterocycles. The number of carbonyl (C=O) groups is 3. The van der Waals surface area contributed by atoms with E-state index in [1.54, 1.807) is 45.0 Å². The Balaban J connectivity index is 2.91. The Labute approximate surface area is 147 Å². The van der Waals surface area contributed by atoms with Gasteiger partial charge in [0, 0.05) is 12.2 Å². The Kier molecular flexibility index (Phi) is 9.06. The number of nitrogens with zero attached hydrogens (tertiary/aromatic N) is 1. The number of rotatable bonds is 9. The van der Waals surface area contributed by atoms with Crippen molar-refractivity contribution in [2.24, 2.45) is 5.92 Å². The van der Waals surface area contributed by atoms with Crippen molar-refractivity contribution in [3.8, 4) is 0 Å².